The molecule has 2 amide bonds. The highest BCUT2D eigenvalue weighted by Gasteiger charge is 2.32. The summed E-state index contributed by atoms with van der Waals surface area (Å²) in [6.45, 7) is 0.228. The van der Waals surface area contributed by atoms with E-state index >= 15 is 0 Å². The highest BCUT2D eigenvalue weighted by atomic mass is 35.5. The van der Waals surface area contributed by atoms with Gasteiger partial charge in [-0.3, -0.25) is 9.59 Å². The molecule has 1 atom stereocenters. The first kappa shape index (κ1) is 26.5. The largest absolute Gasteiger partial charge is 0.352 e. The molecule has 1 saturated carbocycles. The van der Waals surface area contributed by atoms with E-state index in [9.17, 15) is 9.59 Å². The third kappa shape index (κ3) is 7.25. The van der Waals surface area contributed by atoms with E-state index in [1.165, 1.54) is 0 Å². The monoisotopic (exact) mass is 542 g/mol. The van der Waals surface area contributed by atoms with Crippen LogP contribution in [0.2, 0.25) is 15.1 Å². The maximum absolute atomic E-state index is 13.8. The lowest BCUT2D eigenvalue weighted by atomic mass is 10.0. The van der Waals surface area contributed by atoms with Crippen molar-refractivity contribution in [3.63, 3.8) is 0 Å². The van der Waals surface area contributed by atoms with Crippen LogP contribution in [0.25, 0.3) is 0 Å². The molecule has 0 heterocycles. The fourth-order valence-corrected chi connectivity index (χ4v) is 5.21. The Morgan fingerprint density at radius 3 is 2.25 bits per heavy atom. The van der Waals surface area contributed by atoms with Crippen LogP contribution in [-0.2, 0) is 29.0 Å². The Morgan fingerprint density at radius 2 is 1.56 bits per heavy atom. The van der Waals surface area contributed by atoms with Crippen LogP contribution >= 0.6 is 34.8 Å². The summed E-state index contributed by atoms with van der Waals surface area (Å²) in [5.74, 6) is -0.295. The van der Waals surface area contributed by atoms with Gasteiger partial charge < -0.3 is 10.2 Å². The van der Waals surface area contributed by atoms with E-state index in [1.807, 2.05) is 48.5 Å². The van der Waals surface area contributed by atoms with Gasteiger partial charge in [-0.05, 0) is 53.8 Å². The molecule has 0 spiro atoms. The maximum atomic E-state index is 13.8. The molecule has 1 aliphatic rings. The molecule has 0 aliphatic heterocycles. The van der Waals surface area contributed by atoms with Crippen molar-refractivity contribution in [1.82, 2.24) is 10.2 Å². The first-order chi connectivity index (χ1) is 17.4. The van der Waals surface area contributed by atoms with Crippen LogP contribution in [0.15, 0.2) is 72.8 Å². The van der Waals surface area contributed by atoms with Crippen molar-refractivity contribution < 1.29 is 9.59 Å². The van der Waals surface area contributed by atoms with Crippen molar-refractivity contribution in [2.45, 2.75) is 57.2 Å². The zero-order valence-corrected chi connectivity index (χ0v) is 22.2. The fourth-order valence-electron chi connectivity index (χ4n) is 4.68. The summed E-state index contributed by atoms with van der Waals surface area (Å²) in [6, 6.07) is 21.8. The van der Waals surface area contributed by atoms with Crippen molar-refractivity contribution in [2.24, 2.45) is 0 Å². The predicted molar refractivity (Wildman–Crippen MR) is 147 cm³/mol. The topological polar surface area (TPSA) is 49.4 Å². The summed E-state index contributed by atoms with van der Waals surface area (Å²) in [7, 11) is 0. The number of hydrogen-bond acceptors (Lipinski definition) is 2. The minimum atomic E-state index is -0.686. The fraction of sp³-hybridized carbons (Fsp3) is 0.310. The van der Waals surface area contributed by atoms with E-state index in [0.29, 0.717) is 21.5 Å². The second-order valence-electron chi connectivity index (χ2n) is 9.27. The Bertz CT molecular complexity index is 1200. The lowest BCUT2D eigenvalue weighted by Gasteiger charge is -2.32. The van der Waals surface area contributed by atoms with Gasteiger partial charge in [0.25, 0.3) is 0 Å². The van der Waals surface area contributed by atoms with Gasteiger partial charge in [0, 0.05) is 24.0 Å². The summed E-state index contributed by atoms with van der Waals surface area (Å²) >= 11 is 18.6. The number of benzene rings is 3. The van der Waals surface area contributed by atoms with Gasteiger partial charge in [-0.1, -0.05) is 96.2 Å². The first-order valence-corrected chi connectivity index (χ1v) is 13.3. The number of halogens is 3. The van der Waals surface area contributed by atoms with E-state index in [4.69, 9.17) is 34.8 Å². The van der Waals surface area contributed by atoms with Gasteiger partial charge in [-0.2, -0.15) is 0 Å². The van der Waals surface area contributed by atoms with Gasteiger partial charge in [-0.25, -0.2) is 0 Å². The van der Waals surface area contributed by atoms with Gasteiger partial charge in [0.1, 0.15) is 6.04 Å². The van der Waals surface area contributed by atoms with Crippen LogP contribution in [0.4, 0.5) is 0 Å². The zero-order valence-electron chi connectivity index (χ0n) is 19.9. The molecular weight excluding hydrogens is 515 g/mol. The molecule has 3 aromatic carbocycles. The van der Waals surface area contributed by atoms with Crippen LogP contribution < -0.4 is 5.32 Å². The SMILES string of the molecule is O=C(NC1CCCC1)[C@H](Cc1ccccc1)N(Cc1ccc(Cl)c(Cl)c1)C(=O)Cc1cccc(Cl)c1. The predicted octanol–water partition coefficient (Wildman–Crippen LogP) is 6.89. The quantitative estimate of drug-likeness (QED) is 0.319. The van der Waals surface area contributed by atoms with Gasteiger partial charge in [0.2, 0.25) is 11.8 Å². The van der Waals surface area contributed by atoms with Gasteiger partial charge in [0.05, 0.1) is 16.5 Å². The molecule has 1 N–H and O–H groups in total. The van der Waals surface area contributed by atoms with Crippen LogP contribution in [0.3, 0.4) is 0 Å². The van der Waals surface area contributed by atoms with Crippen molar-refractivity contribution in [3.05, 3.63) is 105 Å². The molecule has 4 nitrogen and oxygen atoms in total. The Balaban J connectivity index is 1.67. The minimum Gasteiger partial charge on any atom is -0.352 e. The van der Waals surface area contributed by atoms with E-state index in [-0.39, 0.29) is 30.8 Å². The molecule has 1 aliphatic carbocycles. The molecule has 3 aromatic rings. The minimum absolute atomic E-state index is 0.129. The van der Waals surface area contributed by atoms with Gasteiger partial charge >= 0.3 is 0 Å². The summed E-state index contributed by atoms with van der Waals surface area (Å²) in [6.07, 6.45) is 4.68. The van der Waals surface area contributed by atoms with Crippen LogP contribution in [0.5, 0.6) is 0 Å². The lowest BCUT2D eigenvalue weighted by Crippen LogP contribution is -2.52. The average molecular weight is 544 g/mol. The van der Waals surface area contributed by atoms with Crippen LogP contribution in [-0.4, -0.2) is 28.8 Å². The van der Waals surface area contributed by atoms with E-state index in [2.05, 4.69) is 5.32 Å². The molecule has 0 saturated heterocycles. The van der Waals surface area contributed by atoms with Crippen LogP contribution in [0, 0.1) is 0 Å². The normalized spacial score (nSPS) is 14.4. The number of carbonyl (C=O) groups is 2. The van der Waals surface area contributed by atoms with Crippen LogP contribution in [0.1, 0.15) is 42.4 Å². The van der Waals surface area contributed by atoms with E-state index in [0.717, 1.165) is 42.4 Å². The second-order valence-corrected chi connectivity index (χ2v) is 10.5. The van der Waals surface area contributed by atoms with Crippen molar-refractivity contribution in [1.29, 1.82) is 0 Å². The van der Waals surface area contributed by atoms with Crippen molar-refractivity contribution >= 4 is 46.6 Å². The molecule has 0 radical (unpaired) electrons. The Labute approximate surface area is 227 Å². The smallest absolute Gasteiger partial charge is 0.243 e. The number of nitrogens with one attached hydrogen (secondary N) is 1. The number of carbonyl (C=O) groups excluding carboxylic acids is 2. The summed E-state index contributed by atoms with van der Waals surface area (Å²) in [4.78, 5) is 29.2. The molecule has 0 aromatic heterocycles. The van der Waals surface area contributed by atoms with Crippen molar-refractivity contribution in [2.75, 3.05) is 0 Å². The molecule has 0 unspecified atom stereocenters. The van der Waals surface area contributed by atoms with Crippen molar-refractivity contribution in [3.8, 4) is 0 Å². The third-order valence-corrected chi connectivity index (χ3v) is 7.53. The lowest BCUT2D eigenvalue weighted by molar-refractivity contribution is -0.141. The summed E-state index contributed by atoms with van der Waals surface area (Å²) in [5, 5.41) is 4.63. The Hall–Kier alpha value is -2.53. The molecule has 7 heteroatoms. The number of hydrogen-bond donors (Lipinski definition) is 1. The molecule has 1 fully saturated rings. The molecular formula is C29H29Cl3N2O2. The third-order valence-electron chi connectivity index (χ3n) is 6.55. The summed E-state index contributed by atoms with van der Waals surface area (Å²) in [5.41, 5.74) is 2.58. The standard InChI is InChI=1S/C29H29Cl3N2O2/c30-23-10-6-9-21(15-23)18-28(35)34(19-22-13-14-25(31)26(32)16-22)27(17-20-7-2-1-3-8-20)29(36)33-24-11-4-5-12-24/h1-3,6-10,13-16,24,27H,4-5,11-12,17-19H2,(H,33,36)/t27-/m0/s1. The number of rotatable bonds is 9. The van der Waals surface area contributed by atoms with E-state index in [1.54, 1.807) is 29.2 Å². The van der Waals surface area contributed by atoms with E-state index < -0.39 is 6.04 Å². The molecule has 0 bridgehead atoms. The second kappa shape index (κ2) is 12.6. The van der Waals surface area contributed by atoms with Gasteiger partial charge in [0.15, 0.2) is 0 Å². The average Bonchev–Trinajstić information content (AvgIpc) is 3.37. The molecule has 188 valence electrons. The number of nitrogens with zero attached hydrogens (tertiary/aromatic N) is 1. The Morgan fingerprint density at radius 1 is 0.833 bits per heavy atom. The highest BCUT2D eigenvalue weighted by molar-refractivity contribution is 6.42. The Kier molecular flexibility index (Phi) is 9.30. The summed E-state index contributed by atoms with van der Waals surface area (Å²) < 4.78 is 0. The zero-order chi connectivity index (χ0) is 25.5. The maximum Gasteiger partial charge on any atom is 0.243 e. The first-order valence-electron chi connectivity index (χ1n) is 12.2. The molecule has 36 heavy (non-hydrogen) atoms. The molecule has 4 rings (SSSR count). The van der Waals surface area contributed by atoms with Gasteiger partial charge in [-0.15, -0.1) is 0 Å². The number of amides is 2. The highest BCUT2D eigenvalue weighted by Crippen LogP contribution is 2.25.